The van der Waals surface area contributed by atoms with Gasteiger partial charge in [-0.05, 0) is 45.1 Å². The van der Waals surface area contributed by atoms with Gasteiger partial charge in [-0.15, -0.1) is 24.8 Å². The average molecular weight is 407 g/mol. The Hall–Kier alpha value is -1.34. The minimum atomic E-state index is -0.846. The predicted octanol–water partition coefficient (Wildman–Crippen LogP) is 1.96. The Bertz CT molecular complexity index is 549. The van der Waals surface area contributed by atoms with E-state index in [2.05, 4.69) is 10.6 Å². The summed E-state index contributed by atoms with van der Waals surface area (Å²) < 4.78 is 0. The molecule has 1 aromatic rings. The average Bonchev–Trinajstić information content (AvgIpc) is 2.52. The van der Waals surface area contributed by atoms with Gasteiger partial charge < -0.3 is 21.3 Å². The van der Waals surface area contributed by atoms with Crippen LogP contribution >= 0.6 is 24.8 Å². The van der Waals surface area contributed by atoms with E-state index in [0.29, 0.717) is 25.1 Å². The molecular weight excluding hydrogens is 375 g/mol. The van der Waals surface area contributed by atoms with Crippen molar-refractivity contribution in [3.63, 3.8) is 0 Å². The molecule has 0 saturated carbocycles. The second-order valence-corrected chi connectivity index (χ2v) is 6.61. The third-order valence-electron chi connectivity index (χ3n) is 3.80. The number of benzene rings is 1. The van der Waals surface area contributed by atoms with Crippen LogP contribution in [-0.4, -0.2) is 49.4 Å². The number of hydrogen-bond donors (Lipinski definition) is 3. The maximum Gasteiger partial charge on any atom is 0.251 e. The zero-order chi connectivity index (χ0) is 18.2. The van der Waals surface area contributed by atoms with Crippen LogP contribution < -0.4 is 16.4 Å². The molecule has 0 aliphatic rings. The topological polar surface area (TPSA) is 87.5 Å². The Morgan fingerprint density at radius 1 is 1.12 bits per heavy atom. The van der Waals surface area contributed by atoms with E-state index in [4.69, 9.17) is 5.73 Å². The number of amides is 2. The largest absolute Gasteiger partial charge is 0.351 e. The highest BCUT2D eigenvalue weighted by Gasteiger charge is 2.26. The van der Waals surface area contributed by atoms with Crippen LogP contribution in [0, 0.1) is 0 Å². The highest BCUT2D eigenvalue weighted by Crippen LogP contribution is 2.09. The molecule has 8 heteroatoms. The van der Waals surface area contributed by atoms with Crippen LogP contribution in [-0.2, 0) is 11.3 Å². The van der Waals surface area contributed by atoms with E-state index in [-0.39, 0.29) is 36.6 Å². The van der Waals surface area contributed by atoms with Gasteiger partial charge in [0, 0.05) is 25.2 Å². The third kappa shape index (κ3) is 9.38. The lowest BCUT2D eigenvalue weighted by Crippen LogP contribution is -2.51. The number of carbonyl (C=O) groups is 2. The Morgan fingerprint density at radius 3 is 2.19 bits per heavy atom. The van der Waals surface area contributed by atoms with E-state index >= 15 is 0 Å². The van der Waals surface area contributed by atoms with Gasteiger partial charge in [-0.3, -0.25) is 9.59 Å². The van der Waals surface area contributed by atoms with Gasteiger partial charge in [-0.2, -0.15) is 0 Å². The van der Waals surface area contributed by atoms with Crippen molar-refractivity contribution in [2.45, 2.75) is 38.8 Å². The first kappa shape index (κ1) is 26.9. The van der Waals surface area contributed by atoms with Gasteiger partial charge in [0.1, 0.15) is 0 Å². The van der Waals surface area contributed by atoms with Crippen molar-refractivity contribution in [1.82, 2.24) is 15.5 Å². The fourth-order valence-electron chi connectivity index (χ4n) is 2.29. The summed E-state index contributed by atoms with van der Waals surface area (Å²) in [6, 6.07) is 7.21. The van der Waals surface area contributed by atoms with Gasteiger partial charge in [0.2, 0.25) is 5.91 Å². The number of hydrogen-bond acceptors (Lipinski definition) is 4. The van der Waals surface area contributed by atoms with E-state index < -0.39 is 5.54 Å². The molecule has 0 aliphatic heterocycles. The lowest BCUT2D eigenvalue weighted by atomic mass is 9.96. The third-order valence-corrected chi connectivity index (χ3v) is 3.80. The molecule has 1 aromatic carbocycles. The number of halogens is 2. The summed E-state index contributed by atoms with van der Waals surface area (Å²) in [6.07, 6.45) is 1.50. The maximum atomic E-state index is 12.1. The van der Waals surface area contributed by atoms with Crippen molar-refractivity contribution in [3.8, 4) is 0 Å². The smallest absolute Gasteiger partial charge is 0.251 e. The van der Waals surface area contributed by atoms with E-state index in [0.717, 1.165) is 18.5 Å². The Kier molecular flexibility index (Phi) is 13.4. The SMILES string of the molecule is CCCC(C)(N)C(=O)NCc1ccc(C(=O)NCCN(C)C)cc1.Cl.Cl. The first-order valence-corrected chi connectivity index (χ1v) is 8.35. The maximum absolute atomic E-state index is 12.1. The molecular formula is C18H32Cl2N4O2. The fraction of sp³-hybridized carbons (Fsp3) is 0.556. The number of nitrogens with zero attached hydrogens (tertiary/aromatic N) is 1. The summed E-state index contributed by atoms with van der Waals surface area (Å²) in [7, 11) is 3.92. The highest BCUT2D eigenvalue weighted by atomic mass is 35.5. The van der Waals surface area contributed by atoms with Crippen LogP contribution in [0.4, 0.5) is 0 Å². The summed E-state index contributed by atoms with van der Waals surface area (Å²) in [5.41, 5.74) is 6.69. The van der Waals surface area contributed by atoms with E-state index in [1.165, 1.54) is 0 Å². The lowest BCUT2D eigenvalue weighted by molar-refractivity contribution is -0.126. The van der Waals surface area contributed by atoms with E-state index in [1.807, 2.05) is 38.1 Å². The standard InChI is InChI=1S/C18H30N4O2.2ClH/c1-5-10-18(2,19)17(24)21-13-14-6-8-15(9-7-14)16(23)20-11-12-22(3)4;;/h6-9H,5,10-13,19H2,1-4H3,(H,20,23)(H,21,24);2*1H. The molecule has 26 heavy (non-hydrogen) atoms. The minimum absolute atomic E-state index is 0. The molecule has 0 aromatic heterocycles. The van der Waals surface area contributed by atoms with Crippen molar-refractivity contribution in [3.05, 3.63) is 35.4 Å². The molecule has 6 nitrogen and oxygen atoms in total. The summed E-state index contributed by atoms with van der Waals surface area (Å²) >= 11 is 0. The molecule has 0 fully saturated rings. The first-order valence-electron chi connectivity index (χ1n) is 8.35. The van der Waals surface area contributed by atoms with Crippen LogP contribution in [0.5, 0.6) is 0 Å². The molecule has 0 aliphatic carbocycles. The highest BCUT2D eigenvalue weighted by molar-refractivity contribution is 5.94. The summed E-state index contributed by atoms with van der Waals surface area (Å²) in [5.74, 6) is -0.250. The molecule has 0 radical (unpaired) electrons. The molecule has 0 saturated heterocycles. The van der Waals surface area contributed by atoms with Gasteiger partial charge in [0.05, 0.1) is 5.54 Å². The number of rotatable bonds is 9. The van der Waals surface area contributed by atoms with Crippen molar-refractivity contribution < 1.29 is 9.59 Å². The van der Waals surface area contributed by atoms with Gasteiger partial charge in [0.25, 0.3) is 5.91 Å². The van der Waals surface area contributed by atoms with Gasteiger partial charge in [0.15, 0.2) is 0 Å². The Labute approximate surface area is 169 Å². The molecule has 1 atom stereocenters. The first-order chi connectivity index (χ1) is 11.3. The molecule has 1 rings (SSSR count). The predicted molar refractivity (Wildman–Crippen MR) is 111 cm³/mol. The second-order valence-electron chi connectivity index (χ2n) is 6.61. The van der Waals surface area contributed by atoms with Gasteiger partial charge in [-0.25, -0.2) is 0 Å². The van der Waals surface area contributed by atoms with Crippen LogP contribution in [0.1, 0.15) is 42.6 Å². The van der Waals surface area contributed by atoms with Crippen LogP contribution in [0.3, 0.4) is 0 Å². The zero-order valence-corrected chi connectivity index (χ0v) is 17.6. The molecule has 2 amide bonds. The minimum Gasteiger partial charge on any atom is -0.351 e. The monoisotopic (exact) mass is 406 g/mol. The second kappa shape index (κ2) is 12.9. The molecule has 1 unspecified atom stereocenters. The number of nitrogens with one attached hydrogen (secondary N) is 2. The van der Waals surface area contributed by atoms with Gasteiger partial charge >= 0.3 is 0 Å². The summed E-state index contributed by atoms with van der Waals surface area (Å²) in [5, 5.41) is 5.72. The van der Waals surface area contributed by atoms with Crippen molar-refractivity contribution in [2.75, 3.05) is 27.2 Å². The molecule has 4 N–H and O–H groups in total. The van der Waals surface area contributed by atoms with Crippen LogP contribution in [0.15, 0.2) is 24.3 Å². The molecule has 150 valence electrons. The van der Waals surface area contributed by atoms with E-state index in [9.17, 15) is 9.59 Å². The Balaban J connectivity index is 0. The quantitative estimate of drug-likeness (QED) is 0.584. The number of carbonyl (C=O) groups excluding carboxylic acids is 2. The molecule has 0 heterocycles. The van der Waals surface area contributed by atoms with Crippen molar-refractivity contribution in [2.24, 2.45) is 5.73 Å². The number of nitrogens with two attached hydrogens (primary N) is 1. The van der Waals surface area contributed by atoms with Crippen molar-refractivity contribution in [1.29, 1.82) is 0 Å². The lowest BCUT2D eigenvalue weighted by Gasteiger charge is -2.22. The summed E-state index contributed by atoms with van der Waals surface area (Å²) in [4.78, 5) is 26.1. The molecule has 0 spiro atoms. The van der Waals surface area contributed by atoms with Gasteiger partial charge in [-0.1, -0.05) is 25.5 Å². The fourth-order valence-corrected chi connectivity index (χ4v) is 2.29. The van der Waals surface area contributed by atoms with Crippen LogP contribution in [0.2, 0.25) is 0 Å². The Morgan fingerprint density at radius 2 is 1.69 bits per heavy atom. The number of likely N-dealkylation sites (N-methyl/N-ethyl adjacent to an activating group) is 1. The van der Waals surface area contributed by atoms with Crippen LogP contribution in [0.25, 0.3) is 0 Å². The van der Waals surface area contributed by atoms with E-state index in [1.54, 1.807) is 19.1 Å². The summed E-state index contributed by atoms with van der Waals surface area (Å²) in [6.45, 7) is 5.55. The van der Waals surface area contributed by atoms with Crippen molar-refractivity contribution >= 4 is 36.6 Å². The molecule has 0 bridgehead atoms. The zero-order valence-electron chi connectivity index (χ0n) is 16.0. The normalized spacial score (nSPS) is 12.4.